The number of methoxy groups -OCH3 is 1. The molecule has 5 nitrogen and oxygen atoms in total. The molecule has 5 heteroatoms. The molecule has 1 aliphatic carbocycles. The Balaban J connectivity index is 1.62. The molecule has 0 heterocycles. The molecule has 1 aliphatic rings. The molecular weight excluding hydrogens is 328 g/mol. The number of hydrogen-bond donors (Lipinski definition) is 2. The van der Waals surface area contributed by atoms with Crippen molar-refractivity contribution in [2.75, 3.05) is 12.4 Å². The quantitative estimate of drug-likeness (QED) is 0.811. The first kappa shape index (κ1) is 18.0. The van der Waals surface area contributed by atoms with E-state index in [-0.39, 0.29) is 6.04 Å². The minimum absolute atomic E-state index is 0.223. The SMILES string of the molecule is CCC(NC(=O)C(=O)Nc1ccc2c(c1)CCC2)c1ccc(OC)cc1. The molecular formula is C21H24N2O3. The Kier molecular flexibility index (Phi) is 5.56. The van der Waals surface area contributed by atoms with E-state index in [0.717, 1.165) is 30.6 Å². The fourth-order valence-electron chi connectivity index (χ4n) is 3.32. The van der Waals surface area contributed by atoms with E-state index in [4.69, 9.17) is 4.74 Å². The molecule has 0 bridgehead atoms. The first-order valence-corrected chi connectivity index (χ1v) is 8.98. The average molecular weight is 352 g/mol. The van der Waals surface area contributed by atoms with E-state index in [9.17, 15) is 9.59 Å². The van der Waals surface area contributed by atoms with Gasteiger partial charge in [-0.15, -0.1) is 0 Å². The van der Waals surface area contributed by atoms with Crippen molar-refractivity contribution in [3.63, 3.8) is 0 Å². The van der Waals surface area contributed by atoms with Crippen LogP contribution in [0.1, 0.15) is 42.5 Å². The van der Waals surface area contributed by atoms with Gasteiger partial charge < -0.3 is 15.4 Å². The van der Waals surface area contributed by atoms with Gasteiger partial charge in [0, 0.05) is 5.69 Å². The van der Waals surface area contributed by atoms with Gasteiger partial charge in [0.25, 0.3) is 0 Å². The second kappa shape index (κ2) is 8.04. The number of aryl methyl sites for hydroxylation is 2. The Bertz CT molecular complexity index is 799. The van der Waals surface area contributed by atoms with Crippen molar-refractivity contribution in [3.8, 4) is 5.75 Å². The van der Waals surface area contributed by atoms with Gasteiger partial charge in [-0.05, 0) is 66.6 Å². The lowest BCUT2D eigenvalue weighted by Crippen LogP contribution is -2.37. The van der Waals surface area contributed by atoms with E-state index in [1.807, 2.05) is 49.4 Å². The molecule has 1 atom stereocenters. The number of carbonyl (C=O) groups is 2. The molecule has 0 radical (unpaired) electrons. The number of carbonyl (C=O) groups excluding carboxylic acids is 2. The summed E-state index contributed by atoms with van der Waals surface area (Å²) in [6.45, 7) is 1.97. The summed E-state index contributed by atoms with van der Waals surface area (Å²) in [5.74, 6) is -0.521. The highest BCUT2D eigenvalue weighted by Gasteiger charge is 2.20. The molecule has 0 spiro atoms. The summed E-state index contributed by atoms with van der Waals surface area (Å²) in [6.07, 6.45) is 3.95. The lowest BCUT2D eigenvalue weighted by Gasteiger charge is -2.17. The second-order valence-electron chi connectivity index (χ2n) is 6.50. The Morgan fingerprint density at radius 2 is 1.77 bits per heavy atom. The van der Waals surface area contributed by atoms with Crippen LogP contribution in [0.5, 0.6) is 5.75 Å². The molecule has 0 saturated heterocycles. The number of amides is 2. The third kappa shape index (κ3) is 4.04. The normalized spacial score (nSPS) is 13.6. The van der Waals surface area contributed by atoms with E-state index in [0.29, 0.717) is 12.1 Å². The number of anilines is 1. The second-order valence-corrected chi connectivity index (χ2v) is 6.50. The zero-order valence-corrected chi connectivity index (χ0v) is 15.2. The summed E-state index contributed by atoms with van der Waals surface area (Å²) >= 11 is 0. The van der Waals surface area contributed by atoms with Crippen LogP contribution in [0.4, 0.5) is 5.69 Å². The summed E-state index contributed by atoms with van der Waals surface area (Å²) in [5.41, 5.74) is 4.20. The fourth-order valence-corrected chi connectivity index (χ4v) is 3.32. The summed E-state index contributed by atoms with van der Waals surface area (Å²) < 4.78 is 5.15. The van der Waals surface area contributed by atoms with Gasteiger partial charge in [-0.1, -0.05) is 25.1 Å². The predicted octanol–water partition coefficient (Wildman–Crippen LogP) is 3.39. The molecule has 136 valence electrons. The monoisotopic (exact) mass is 352 g/mol. The molecule has 0 saturated carbocycles. The van der Waals surface area contributed by atoms with Crippen LogP contribution in [0.2, 0.25) is 0 Å². The Morgan fingerprint density at radius 3 is 2.46 bits per heavy atom. The van der Waals surface area contributed by atoms with Gasteiger partial charge in [0.1, 0.15) is 5.75 Å². The maximum absolute atomic E-state index is 12.3. The Hall–Kier alpha value is -2.82. The molecule has 2 aromatic rings. The van der Waals surface area contributed by atoms with Crippen LogP contribution < -0.4 is 15.4 Å². The average Bonchev–Trinajstić information content (AvgIpc) is 3.13. The van der Waals surface area contributed by atoms with Crippen molar-refractivity contribution < 1.29 is 14.3 Å². The number of ether oxygens (including phenoxy) is 1. The largest absolute Gasteiger partial charge is 0.497 e. The molecule has 2 N–H and O–H groups in total. The van der Waals surface area contributed by atoms with Crippen LogP contribution in [0.15, 0.2) is 42.5 Å². The predicted molar refractivity (Wildman–Crippen MR) is 101 cm³/mol. The van der Waals surface area contributed by atoms with Gasteiger partial charge in [0.15, 0.2) is 0 Å². The molecule has 1 unspecified atom stereocenters. The van der Waals surface area contributed by atoms with Crippen molar-refractivity contribution in [1.82, 2.24) is 5.32 Å². The van der Waals surface area contributed by atoms with Crippen LogP contribution in [0.25, 0.3) is 0 Å². The van der Waals surface area contributed by atoms with Gasteiger partial charge in [-0.3, -0.25) is 9.59 Å². The van der Waals surface area contributed by atoms with Gasteiger partial charge >= 0.3 is 11.8 Å². The van der Waals surface area contributed by atoms with Gasteiger partial charge in [-0.2, -0.15) is 0 Å². The Morgan fingerprint density at radius 1 is 1.04 bits per heavy atom. The van der Waals surface area contributed by atoms with E-state index in [1.54, 1.807) is 7.11 Å². The number of nitrogens with one attached hydrogen (secondary N) is 2. The van der Waals surface area contributed by atoms with Crippen LogP contribution in [0.3, 0.4) is 0 Å². The first-order valence-electron chi connectivity index (χ1n) is 8.98. The van der Waals surface area contributed by atoms with Gasteiger partial charge in [0.2, 0.25) is 0 Å². The molecule has 0 aliphatic heterocycles. The maximum Gasteiger partial charge on any atom is 0.313 e. The minimum atomic E-state index is -0.644. The van der Waals surface area contributed by atoms with E-state index >= 15 is 0 Å². The third-order valence-electron chi connectivity index (χ3n) is 4.79. The smallest absolute Gasteiger partial charge is 0.313 e. The standard InChI is InChI=1S/C21H24N2O3/c1-3-19(15-8-11-18(26-2)12-9-15)23-21(25)20(24)22-17-10-7-14-5-4-6-16(14)13-17/h7-13,19H,3-6H2,1-2H3,(H,22,24)(H,23,25). The maximum atomic E-state index is 12.3. The summed E-state index contributed by atoms with van der Waals surface area (Å²) in [7, 11) is 1.61. The highest BCUT2D eigenvalue weighted by molar-refractivity contribution is 6.39. The number of rotatable bonds is 5. The number of fused-ring (bicyclic) bond motifs is 1. The zero-order chi connectivity index (χ0) is 18.5. The number of hydrogen-bond acceptors (Lipinski definition) is 3. The molecule has 2 amide bonds. The van der Waals surface area contributed by atoms with Crippen molar-refractivity contribution in [3.05, 3.63) is 59.2 Å². The van der Waals surface area contributed by atoms with Crippen LogP contribution in [-0.2, 0) is 22.4 Å². The molecule has 0 aromatic heterocycles. The van der Waals surface area contributed by atoms with Crippen LogP contribution in [-0.4, -0.2) is 18.9 Å². The molecule has 26 heavy (non-hydrogen) atoms. The lowest BCUT2D eigenvalue weighted by atomic mass is 10.0. The van der Waals surface area contributed by atoms with Crippen molar-refractivity contribution >= 4 is 17.5 Å². The summed E-state index contributed by atoms with van der Waals surface area (Å²) in [5, 5.41) is 5.50. The number of benzene rings is 2. The van der Waals surface area contributed by atoms with Gasteiger partial charge in [0.05, 0.1) is 13.2 Å². The topological polar surface area (TPSA) is 67.4 Å². The van der Waals surface area contributed by atoms with Crippen LogP contribution in [0, 0.1) is 0 Å². The fraction of sp³-hybridized carbons (Fsp3) is 0.333. The Labute approximate surface area is 153 Å². The third-order valence-corrected chi connectivity index (χ3v) is 4.79. The van der Waals surface area contributed by atoms with E-state index in [2.05, 4.69) is 10.6 Å². The summed E-state index contributed by atoms with van der Waals surface area (Å²) in [6, 6.07) is 13.1. The van der Waals surface area contributed by atoms with Crippen molar-refractivity contribution in [2.45, 2.75) is 38.6 Å². The molecule has 2 aromatic carbocycles. The van der Waals surface area contributed by atoms with E-state index < -0.39 is 11.8 Å². The zero-order valence-electron chi connectivity index (χ0n) is 15.2. The molecule has 0 fully saturated rings. The van der Waals surface area contributed by atoms with Crippen molar-refractivity contribution in [2.24, 2.45) is 0 Å². The van der Waals surface area contributed by atoms with Gasteiger partial charge in [-0.25, -0.2) is 0 Å². The highest BCUT2D eigenvalue weighted by Crippen LogP contribution is 2.25. The highest BCUT2D eigenvalue weighted by atomic mass is 16.5. The first-order chi connectivity index (χ1) is 12.6. The lowest BCUT2D eigenvalue weighted by molar-refractivity contribution is -0.136. The van der Waals surface area contributed by atoms with Crippen LogP contribution >= 0.6 is 0 Å². The van der Waals surface area contributed by atoms with E-state index in [1.165, 1.54) is 11.1 Å². The van der Waals surface area contributed by atoms with Crippen molar-refractivity contribution in [1.29, 1.82) is 0 Å². The summed E-state index contributed by atoms with van der Waals surface area (Å²) in [4.78, 5) is 24.6. The molecule has 3 rings (SSSR count). The minimum Gasteiger partial charge on any atom is -0.497 e.